The van der Waals surface area contributed by atoms with Crippen LogP contribution >= 0.6 is 0 Å². The molecule has 1 aromatic heterocycles. The Morgan fingerprint density at radius 1 is 1.03 bits per heavy atom. The van der Waals surface area contributed by atoms with Crippen LogP contribution in [0.15, 0.2) is 89.5 Å². The Hall–Kier alpha value is -4.37. The van der Waals surface area contributed by atoms with Crippen molar-refractivity contribution in [3.8, 4) is 34.6 Å². The molecule has 0 bridgehead atoms. The number of amides is 1. The zero-order valence-corrected chi connectivity index (χ0v) is 16.6. The van der Waals surface area contributed by atoms with Crippen molar-refractivity contribution in [3.63, 3.8) is 0 Å². The van der Waals surface area contributed by atoms with Crippen LogP contribution in [0.4, 0.5) is 0 Å². The van der Waals surface area contributed by atoms with Crippen LogP contribution < -0.4 is 10.1 Å². The predicted molar refractivity (Wildman–Crippen MR) is 116 cm³/mol. The largest absolute Gasteiger partial charge is 0.479 e. The van der Waals surface area contributed by atoms with Gasteiger partial charge in [-0.2, -0.15) is 5.26 Å². The number of nitrogens with one attached hydrogen (secondary N) is 1. The van der Waals surface area contributed by atoms with Gasteiger partial charge < -0.3 is 14.5 Å². The van der Waals surface area contributed by atoms with Gasteiger partial charge >= 0.3 is 0 Å². The molecule has 0 saturated heterocycles. The van der Waals surface area contributed by atoms with E-state index in [4.69, 9.17) is 14.4 Å². The van der Waals surface area contributed by atoms with Crippen molar-refractivity contribution in [1.29, 1.82) is 5.26 Å². The number of nitrogens with zero attached hydrogens (tertiary/aromatic N) is 2. The zero-order valence-electron chi connectivity index (χ0n) is 16.6. The maximum Gasteiger partial charge on any atom is 0.252 e. The van der Waals surface area contributed by atoms with Gasteiger partial charge in [-0.3, -0.25) is 4.79 Å². The molecule has 0 radical (unpaired) electrons. The minimum Gasteiger partial charge on any atom is -0.479 e. The molecule has 1 heterocycles. The van der Waals surface area contributed by atoms with Crippen LogP contribution in [0, 0.1) is 11.3 Å². The normalized spacial score (nSPS) is 10.3. The molecule has 152 valence electrons. The molecule has 1 amide bonds. The first kappa shape index (κ1) is 19.9. The van der Waals surface area contributed by atoms with Gasteiger partial charge in [-0.25, -0.2) is 4.98 Å². The van der Waals surface area contributed by atoms with Crippen molar-refractivity contribution in [3.05, 3.63) is 96.2 Å². The Bertz CT molecular complexity index is 1230. The number of carbonyl (C=O) groups is 1. The Morgan fingerprint density at radius 3 is 2.68 bits per heavy atom. The molecule has 0 atom stereocenters. The number of aromatic nitrogens is 1. The van der Waals surface area contributed by atoms with Crippen LogP contribution in [0.1, 0.15) is 15.9 Å². The fourth-order valence-corrected chi connectivity index (χ4v) is 3.14. The standard InChI is InChI=1S/C25H19N3O3/c26-13-14-30-20-10-6-7-18(15-20)16-27-24(29)21-11-4-5-12-22(21)25-28-17-23(31-25)19-8-2-1-3-9-19/h1-12,15,17H,14,16H2,(H,27,29). The summed E-state index contributed by atoms with van der Waals surface area (Å²) in [7, 11) is 0. The van der Waals surface area contributed by atoms with Gasteiger partial charge in [0.1, 0.15) is 11.8 Å². The second-order valence-electron chi connectivity index (χ2n) is 6.72. The van der Waals surface area contributed by atoms with E-state index in [0.29, 0.717) is 35.1 Å². The molecule has 31 heavy (non-hydrogen) atoms. The molecule has 4 aromatic rings. The molecule has 6 heteroatoms. The van der Waals surface area contributed by atoms with E-state index >= 15 is 0 Å². The Kier molecular flexibility index (Phi) is 6.05. The highest BCUT2D eigenvalue weighted by molar-refractivity contribution is 6.00. The second-order valence-corrected chi connectivity index (χ2v) is 6.72. The molecular formula is C25H19N3O3. The first-order valence-electron chi connectivity index (χ1n) is 9.72. The van der Waals surface area contributed by atoms with Crippen molar-refractivity contribution in [2.24, 2.45) is 0 Å². The number of carbonyl (C=O) groups excluding carboxylic acids is 1. The summed E-state index contributed by atoms with van der Waals surface area (Å²) in [6.45, 7) is 0.294. The van der Waals surface area contributed by atoms with Crippen molar-refractivity contribution < 1.29 is 13.9 Å². The lowest BCUT2D eigenvalue weighted by molar-refractivity contribution is 0.0951. The molecule has 1 N–H and O–H groups in total. The lowest BCUT2D eigenvalue weighted by atomic mass is 10.1. The average molecular weight is 409 g/mol. The zero-order chi connectivity index (χ0) is 21.5. The van der Waals surface area contributed by atoms with Gasteiger partial charge in [0.25, 0.3) is 5.91 Å². The first-order valence-corrected chi connectivity index (χ1v) is 9.72. The molecule has 4 rings (SSSR count). The van der Waals surface area contributed by atoms with Gasteiger partial charge in [0.15, 0.2) is 12.4 Å². The summed E-state index contributed by atoms with van der Waals surface area (Å²) >= 11 is 0. The van der Waals surface area contributed by atoms with Crippen LogP contribution in [-0.2, 0) is 6.54 Å². The summed E-state index contributed by atoms with van der Waals surface area (Å²) in [6.07, 6.45) is 1.66. The summed E-state index contributed by atoms with van der Waals surface area (Å²) in [6, 6.07) is 26.1. The molecule has 3 aromatic carbocycles. The molecule has 0 saturated carbocycles. The molecular weight excluding hydrogens is 390 g/mol. The van der Waals surface area contributed by atoms with Crippen molar-refractivity contribution in [2.75, 3.05) is 6.61 Å². The van der Waals surface area contributed by atoms with Crippen LogP contribution in [0.2, 0.25) is 0 Å². The van der Waals surface area contributed by atoms with E-state index in [1.165, 1.54) is 0 Å². The molecule has 0 fully saturated rings. The molecule has 0 aliphatic carbocycles. The van der Waals surface area contributed by atoms with E-state index in [0.717, 1.165) is 11.1 Å². The van der Waals surface area contributed by atoms with Crippen LogP contribution in [0.3, 0.4) is 0 Å². The van der Waals surface area contributed by atoms with Crippen LogP contribution in [0.5, 0.6) is 5.75 Å². The smallest absolute Gasteiger partial charge is 0.252 e. The van der Waals surface area contributed by atoms with Crippen molar-refractivity contribution in [1.82, 2.24) is 10.3 Å². The minimum atomic E-state index is -0.238. The molecule has 6 nitrogen and oxygen atoms in total. The SMILES string of the molecule is N#CCOc1cccc(CNC(=O)c2ccccc2-c2ncc(-c3ccccc3)o2)c1. The average Bonchev–Trinajstić information content (AvgIpc) is 3.32. The highest BCUT2D eigenvalue weighted by Crippen LogP contribution is 2.28. The van der Waals surface area contributed by atoms with E-state index in [1.807, 2.05) is 60.7 Å². The first-order chi connectivity index (χ1) is 15.2. The number of hydrogen-bond acceptors (Lipinski definition) is 5. The fraction of sp³-hybridized carbons (Fsp3) is 0.0800. The number of rotatable bonds is 7. The van der Waals surface area contributed by atoms with Gasteiger partial charge in [-0.1, -0.05) is 54.6 Å². The molecule has 0 aliphatic heterocycles. The molecule has 0 spiro atoms. The van der Waals surface area contributed by atoms with Gasteiger partial charge in [0, 0.05) is 17.7 Å². The maximum absolute atomic E-state index is 12.9. The molecule has 0 unspecified atom stereocenters. The topological polar surface area (TPSA) is 88.1 Å². The monoisotopic (exact) mass is 409 g/mol. The highest BCUT2D eigenvalue weighted by Gasteiger charge is 2.17. The van der Waals surface area contributed by atoms with Gasteiger partial charge in [-0.15, -0.1) is 0 Å². The van der Waals surface area contributed by atoms with E-state index in [2.05, 4.69) is 10.3 Å². The third-order valence-electron chi connectivity index (χ3n) is 4.62. The lowest BCUT2D eigenvalue weighted by Gasteiger charge is -2.09. The number of nitriles is 1. The number of oxazole rings is 1. The van der Waals surface area contributed by atoms with E-state index in [-0.39, 0.29) is 12.5 Å². The van der Waals surface area contributed by atoms with Gasteiger partial charge in [0.2, 0.25) is 5.89 Å². The van der Waals surface area contributed by atoms with Crippen molar-refractivity contribution >= 4 is 5.91 Å². The third-order valence-corrected chi connectivity index (χ3v) is 4.62. The summed E-state index contributed by atoms with van der Waals surface area (Å²) in [5, 5.41) is 11.6. The molecule has 0 aliphatic rings. The summed E-state index contributed by atoms with van der Waals surface area (Å²) in [4.78, 5) is 17.3. The predicted octanol–water partition coefficient (Wildman–Crippen LogP) is 4.84. The number of hydrogen-bond donors (Lipinski definition) is 1. The van der Waals surface area contributed by atoms with Gasteiger partial charge in [-0.05, 0) is 29.8 Å². The van der Waals surface area contributed by atoms with Gasteiger partial charge in [0.05, 0.1) is 11.8 Å². The fourth-order valence-electron chi connectivity index (χ4n) is 3.14. The summed E-state index contributed by atoms with van der Waals surface area (Å²) < 4.78 is 11.2. The quantitative estimate of drug-likeness (QED) is 0.472. The highest BCUT2D eigenvalue weighted by atomic mass is 16.5. The van der Waals surface area contributed by atoms with E-state index in [9.17, 15) is 4.79 Å². The summed E-state index contributed by atoms with van der Waals surface area (Å²) in [5.41, 5.74) is 2.87. The Labute approximate surface area is 179 Å². The third kappa shape index (κ3) is 4.80. The van der Waals surface area contributed by atoms with Crippen LogP contribution in [-0.4, -0.2) is 17.5 Å². The lowest BCUT2D eigenvalue weighted by Crippen LogP contribution is -2.23. The summed E-state index contributed by atoms with van der Waals surface area (Å²) in [5.74, 6) is 1.37. The van der Waals surface area contributed by atoms with E-state index < -0.39 is 0 Å². The maximum atomic E-state index is 12.9. The Balaban J connectivity index is 1.51. The van der Waals surface area contributed by atoms with Crippen molar-refractivity contribution in [2.45, 2.75) is 6.54 Å². The minimum absolute atomic E-state index is 0.0235. The number of ether oxygens (including phenoxy) is 1. The second kappa shape index (κ2) is 9.42. The van der Waals surface area contributed by atoms with Crippen LogP contribution in [0.25, 0.3) is 22.8 Å². The number of benzene rings is 3. The Morgan fingerprint density at radius 2 is 1.84 bits per heavy atom. The van der Waals surface area contributed by atoms with E-state index in [1.54, 1.807) is 30.5 Å².